The Hall–Kier alpha value is -0.970. The van der Waals surface area contributed by atoms with E-state index in [0.29, 0.717) is 28.4 Å². The topological polar surface area (TPSA) is 58.6 Å². The van der Waals surface area contributed by atoms with Gasteiger partial charge in [-0.1, -0.05) is 23.2 Å². The van der Waals surface area contributed by atoms with Gasteiger partial charge in [0.15, 0.2) is 0 Å². The van der Waals surface area contributed by atoms with Crippen LogP contribution in [0.25, 0.3) is 0 Å². The first-order valence-electron chi connectivity index (χ1n) is 6.99. The van der Waals surface area contributed by atoms with Gasteiger partial charge in [0.25, 0.3) is 0 Å². The Morgan fingerprint density at radius 1 is 1.29 bits per heavy atom. The van der Waals surface area contributed by atoms with E-state index in [2.05, 4.69) is 5.32 Å². The van der Waals surface area contributed by atoms with Crippen molar-refractivity contribution >= 4 is 29.2 Å². The van der Waals surface area contributed by atoms with Crippen LogP contribution in [0.5, 0.6) is 5.75 Å². The monoisotopic (exact) mass is 331 g/mol. The fraction of sp³-hybridized carbons (Fsp3) is 0.533. The van der Waals surface area contributed by atoms with E-state index in [1.165, 1.54) is 0 Å². The average Bonchev–Trinajstić information content (AvgIpc) is 2.48. The Bertz CT molecular complexity index is 514. The lowest BCUT2D eigenvalue weighted by atomic mass is 9.86. The average molecular weight is 332 g/mol. The van der Waals surface area contributed by atoms with E-state index in [1.54, 1.807) is 19.2 Å². The van der Waals surface area contributed by atoms with Gasteiger partial charge in [-0.2, -0.15) is 0 Å². The number of nitrogens with one attached hydrogen (secondary N) is 1. The van der Waals surface area contributed by atoms with E-state index in [1.807, 2.05) is 0 Å². The summed E-state index contributed by atoms with van der Waals surface area (Å²) in [5.41, 5.74) is 0.919. The van der Waals surface area contributed by atoms with Crippen LogP contribution in [-0.2, 0) is 11.3 Å². The Kier molecular flexibility index (Phi) is 5.73. The summed E-state index contributed by atoms with van der Waals surface area (Å²) in [6, 6.07) is 3.85. The van der Waals surface area contributed by atoms with Crippen molar-refractivity contribution in [2.24, 2.45) is 5.92 Å². The summed E-state index contributed by atoms with van der Waals surface area (Å²) in [5, 5.41) is 13.6. The van der Waals surface area contributed by atoms with Crippen molar-refractivity contribution in [3.63, 3.8) is 0 Å². The van der Waals surface area contributed by atoms with Gasteiger partial charge in [-0.05, 0) is 37.3 Å². The molecular weight excluding hydrogens is 313 g/mol. The Balaban J connectivity index is 1.89. The fourth-order valence-electron chi connectivity index (χ4n) is 2.66. The molecule has 1 saturated carbocycles. The summed E-state index contributed by atoms with van der Waals surface area (Å²) in [6.07, 6.45) is 3.20. The molecule has 21 heavy (non-hydrogen) atoms. The van der Waals surface area contributed by atoms with Gasteiger partial charge in [-0.25, -0.2) is 0 Å². The predicted molar refractivity (Wildman–Crippen MR) is 83.2 cm³/mol. The van der Waals surface area contributed by atoms with Crippen LogP contribution in [0.2, 0.25) is 10.0 Å². The second-order valence-corrected chi connectivity index (χ2v) is 6.16. The number of benzene rings is 1. The predicted octanol–water partition coefficient (Wildman–Crippen LogP) is 3.74. The molecule has 0 aliphatic heterocycles. The number of rotatable bonds is 5. The highest BCUT2D eigenvalue weighted by Crippen LogP contribution is 2.31. The van der Waals surface area contributed by atoms with E-state index in [0.717, 1.165) is 31.2 Å². The van der Waals surface area contributed by atoms with E-state index >= 15 is 0 Å². The number of hydrogen-bond acceptors (Lipinski definition) is 3. The molecule has 0 atom stereocenters. The number of carboxylic acids is 1. The zero-order valence-corrected chi connectivity index (χ0v) is 13.4. The number of carbonyl (C=O) groups is 1. The third-order valence-corrected chi connectivity index (χ3v) is 4.63. The van der Waals surface area contributed by atoms with Gasteiger partial charge in [0, 0.05) is 23.7 Å². The standard InChI is InChI=1S/C15H19Cl2NO3/c1-21-14-7-12(16)10(6-13(14)17)8-18-11-4-2-9(3-5-11)15(19)20/h6-7,9,11,18H,2-5,8H2,1H3,(H,19,20). The van der Waals surface area contributed by atoms with Crippen LogP contribution in [0.1, 0.15) is 31.2 Å². The second kappa shape index (κ2) is 7.34. The largest absolute Gasteiger partial charge is 0.495 e. The molecule has 0 heterocycles. The summed E-state index contributed by atoms with van der Waals surface area (Å²) in [7, 11) is 1.55. The van der Waals surface area contributed by atoms with Crippen LogP contribution >= 0.6 is 23.2 Å². The normalized spacial score (nSPS) is 22.0. The van der Waals surface area contributed by atoms with Gasteiger partial charge in [0.05, 0.1) is 18.1 Å². The maximum absolute atomic E-state index is 10.9. The third-order valence-electron chi connectivity index (χ3n) is 3.98. The van der Waals surface area contributed by atoms with Crippen molar-refractivity contribution < 1.29 is 14.6 Å². The molecule has 0 radical (unpaired) electrons. The molecule has 1 fully saturated rings. The highest BCUT2D eigenvalue weighted by atomic mass is 35.5. The van der Waals surface area contributed by atoms with Crippen molar-refractivity contribution in [3.05, 3.63) is 27.7 Å². The minimum absolute atomic E-state index is 0.193. The quantitative estimate of drug-likeness (QED) is 0.862. The highest BCUT2D eigenvalue weighted by Gasteiger charge is 2.25. The molecule has 2 rings (SSSR count). The molecular formula is C15H19Cl2NO3. The molecule has 1 aromatic rings. The number of hydrogen-bond donors (Lipinski definition) is 2. The van der Waals surface area contributed by atoms with Crippen LogP contribution in [0.15, 0.2) is 12.1 Å². The summed E-state index contributed by atoms with van der Waals surface area (Å²) in [5.74, 6) is -0.312. The summed E-state index contributed by atoms with van der Waals surface area (Å²) >= 11 is 12.3. The summed E-state index contributed by atoms with van der Waals surface area (Å²) in [4.78, 5) is 10.9. The van der Waals surface area contributed by atoms with Crippen LogP contribution < -0.4 is 10.1 Å². The maximum Gasteiger partial charge on any atom is 0.306 e. The molecule has 1 aromatic carbocycles. The van der Waals surface area contributed by atoms with Crippen molar-refractivity contribution in [2.45, 2.75) is 38.3 Å². The number of halogens is 2. The molecule has 0 amide bonds. The smallest absolute Gasteiger partial charge is 0.306 e. The van der Waals surface area contributed by atoms with Gasteiger partial charge < -0.3 is 15.2 Å². The van der Waals surface area contributed by atoms with Gasteiger partial charge in [0.2, 0.25) is 0 Å². The minimum atomic E-state index is -0.682. The van der Waals surface area contributed by atoms with Crippen LogP contribution in [0.4, 0.5) is 0 Å². The molecule has 0 bridgehead atoms. The zero-order valence-electron chi connectivity index (χ0n) is 11.9. The first-order chi connectivity index (χ1) is 10.0. The first kappa shape index (κ1) is 16.4. The number of ether oxygens (including phenoxy) is 1. The summed E-state index contributed by atoms with van der Waals surface area (Å²) < 4.78 is 5.12. The molecule has 6 heteroatoms. The summed E-state index contributed by atoms with van der Waals surface area (Å²) in [6.45, 7) is 0.616. The molecule has 116 valence electrons. The van der Waals surface area contributed by atoms with Crippen LogP contribution in [0.3, 0.4) is 0 Å². The number of carboxylic acid groups (broad SMARTS) is 1. The SMILES string of the molecule is COc1cc(Cl)c(CNC2CCC(C(=O)O)CC2)cc1Cl. The van der Waals surface area contributed by atoms with E-state index in [-0.39, 0.29) is 5.92 Å². The fourth-order valence-corrected chi connectivity index (χ4v) is 3.14. The van der Waals surface area contributed by atoms with Crippen molar-refractivity contribution in [1.82, 2.24) is 5.32 Å². The lowest BCUT2D eigenvalue weighted by molar-refractivity contribution is -0.142. The molecule has 0 aromatic heterocycles. The zero-order chi connectivity index (χ0) is 15.4. The second-order valence-electron chi connectivity index (χ2n) is 5.35. The molecule has 0 saturated heterocycles. The van der Waals surface area contributed by atoms with Crippen molar-refractivity contribution in [2.75, 3.05) is 7.11 Å². The Morgan fingerprint density at radius 3 is 2.52 bits per heavy atom. The molecule has 0 spiro atoms. The minimum Gasteiger partial charge on any atom is -0.495 e. The lowest BCUT2D eigenvalue weighted by Crippen LogP contribution is -2.34. The highest BCUT2D eigenvalue weighted by molar-refractivity contribution is 6.34. The van der Waals surface area contributed by atoms with Gasteiger partial charge in [-0.3, -0.25) is 4.79 Å². The number of methoxy groups -OCH3 is 1. The molecule has 4 nitrogen and oxygen atoms in total. The lowest BCUT2D eigenvalue weighted by Gasteiger charge is -2.27. The Morgan fingerprint density at radius 2 is 1.95 bits per heavy atom. The van der Waals surface area contributed by atoms with Gasteiger partial charge in [0.1, 0.15) is 5.75 Å². The number of aliphatic carboxylic acids is 1. The van der Waals surface area contributed by atoms with E-state index in [4.69, 9.17) is 33.0 Å². The van der Waals surface area contributed by atoms with E-state index in [9.17, 15) is 4.79 Å². The molecule has 1 aliphatic carbocycles. The maximum atomic E-state index is 10.9. The Labute approximate surface area is 134 Å². The third kappa shape index (κ3) is 4.25. The molecule has 2 N–H and O–H groups in total. The van der Waals surface area contributed by atoms with Gasteiger partial charge in [-0.15, -0.1) is 0 Å². The van der Waals surface area contributed by atoms with Crippen LogP contribution in [0, 0.1) is 5.92 Å². The van der Waals surface area contributed by atoms with Gasteiger partial charge >= 0.3 is 5.97 Å². The molecule has 1 aliphatic rings. The van der Waals surface area contributed by atoms with E-state index < -0.39 is 5.97 Å². The van der Waals surface area contributed by atoms with Crippen molar-refractivity contribution in [1.29, 1.82) is 0 Å². The van der Waals surface area contributed by atoms with Crippen molar-refractivity contribution in [3.8, 4) is 5.75 Å². The van der Waals surface area contributed by atoms with Crippen LogP contribution in [-0.4, -0.2) is 24.2 Å². The molecule has 0 unspecified atom stereocenters. The first-order valence-corrected chi connectivity index (χ1v) is 7.75.